The fraction of sp³-hybridized carbons (Fsp3) is 0.130. The minimum atomic E-state index is -0.112. The van der Waals surface area contributed by atoms with Crippen LogP contribution in [0.5, 0.6) is 0 Å². The van der Waals surface area contributed by atoms with Crippen LogP contribution >= 0.6 is 11.8 Å². The van der Waals surface area contributed by atoms with E-state index in [-0.39, 0.29) is 5.91 Å². The van der Waals surface area contributed by atoms with Gasteiger partial charge < -0.3 is 9.88 Å². The Bertz CT molecular complexity index is 1110. The van der Waals surface area contributed by atoms with Gasteiger partial charge in [0, 0.05) is 17.6 Å². The fourth-order valence-electron chi connectivity index (χ4n) is 3.22. The van der Waals surface area contributed by atoms with Gasteiger partial charge in [0.1, 0.15) is 0 Å². The molecule has 3 aromatic rings. The van der Waals surface area contributed by atoms with Crippen molar-refractivity contribution in [3.63, 3.8) is 0 Å². The van der Waals surface area contributed by atoms with E-state index in [1.165, 1.54) is 17.3 Å². The van der Waals surface area contributed by atoms with Crippen molar-refractivity contribution in [2.75, 3.05) is 0 Å². The summed E-state index contributed by atoms with van der Waals surface area (Å²) in [7, 11) is 0. The number of hydrogen-bond acceptors (Lipinski definition) is 3. The molecule has 28 heavy (non-hydrogen) atoms. The van der Waals surface area contributed by atoms with E-state index >= 15 is 0 Å². The number of amides is 1. The second-order valence-corrected chi connectivity index (χ2v) is 7.92. The molecule has 1 aliphatic rings. The van der Waals surface area contributed by atoms with Gasteiger partial charge in [-0.1, -0.05) is 35.9 Å². The van der Waals surface area contributed by atoms with Crippen molar-refractivity contribution in [3.8, 4) is 5.69 Å². The number of aromatic nitrogens is 1. The van der Waals surface area contributed by atoms with Crippen LogP contribution in [-0.4, -0.2) is 15.6 Å². The van der Waals surface area contributed by atoms with Crippen molar-refractivity contribution < 1.29 is 4.79 Å². The molecular formula is C23H21N3OS. The number of para-hydroxylation sites is 1. The maximum atomic E-state index is 12.4. The summed E-state index contributed by atoms with van der Waals surface area (Å²) in [6.45, 7) is 6.14. The first-order valence-corrected chi connectivity index (χ1v) is 9.92. The Morgan fingerprint density at radius 1 is 1.04 bits per heavy atom. The zero-order valence-electron chi connectivity index (χ0n) is 16.1. The standard InChI is InChI=1S/C23H21N3OS/c1-15-9-10-20(16(2)11-15)24-23-25-22(27)21(28-23)13-18-12-17(3)26(14-18)19-7-5-4-6-8-19/h4-14H,1-3H3,(H,24,25,27)/b21-13+. The quantitative estimate of drug-likeness (QED) is 0.620. The molecule has 0 atom stereocenters. The number of amidine groups is 1. The molecule has 1 saturated heterocycles. The van der Waals surface area contributed by atoms with Gasteiger partial charge in [-0.25, -0.2) is 4.99 Å². The summed E-state index contributed by atoms with van der Waals surface area (Å²) in [5.41, 5.74) is 6.38. The van der Waals surface area contributed by atoms with E-state index in [9.17, 15) is 4.79 Å². The van der Waals surface area contributed by atoms with Gasteiger partial charge in [-0.3, -0.25) is 4.79 Å². The predicted octanol–water partition coefficient (Wildman–Crippen LogP) is 5.29. The molecule has 5 heteroatoms. The smallest absolute Gasteiger partial charge is 0.264 e. The zero-order chi connectivity index (χ0) is 19.7. The van der Waals surface area contributed by atoms with Gasteiger partial charge in [0.15, 0.2) is 5.17 Å². The van der Waals surface area contributed by atoms with Crippen molar-refractivity contribution in [1.29, 1.82) is 0 Å². The highest BCUT2D eigenvalue weighted by atomic mass is 32.2. The molecule has 4 rings (SSSR count). The second-order valence-electron chi connectivity index (χ2n) is 6.89. The van der Waals surface area contributed by atoms with E-state index in [4.69, 9.17) is 0 Å². The van der Waals surface area contributed by atoms with Crippen molar-refractivity contribution >= 4 is 34.6 Å². The third-order valence-electron chi connectivity index (χ3n) is 4.59. The van der Waals surface area contributed by atoms with Crippen LogP contribution < -0.4 is 5.32 Å². The average molecular weight is 388 g/mol. The molecule has 140 valence electrons. The van der Waals surface area contributed by atoms with Crippen LogP contribution in [0.15, 0.2) is 70.7 Å². The second kappa shape index (κ2) is 7.52. The first-order valence-electron chi connectivity index (χ1n) is 9.11. The number of nitrogens with one attached hydrogen (secondary N) is 1. The lowest BCUT2D eigenvalue weighted by Gasteiger charge is -2.04. The first kappa shape index (κ1) is 18.3. The predicted molar refractivity (Wildman–Crippen MR) is 117 cm³/mol. The molecule has 2 heterocycles. The third-order valence-corrected chi connectivity index (χ3v) is 5.50. The van der Waals surface area contributed by atoms with E-state index in [2.05, 4.69) is 53.0 Å². The molecule has 1 N–H and O–H groups in total. The number of hydrogen-bond donors (Lipinski definition) is 1. The minimum Gasteiger partial charge on any atom is -0.321 e. The molecule has 1 amide bonds. The van der Waals surface area contributed by atoms with Crippen LogP contribution in [-0.2, 0) is 4.79 Å². The van der Waals surface area contributed by atoms with Crippen LogP contribution in [0.2, 0.25) is 0 Å². The Morgan fingerprint density at radius 3 is 2.57 bits per heavy atom. The molecule has 0 saturated carbocycles. The average Bonchev–Trinajstić information content (AvgIpc) is 3.20. The summed E-state index contributed by atoms with van der Waals surface area (Å²) >= 11 is 1.37. The molecule has 0 aliphatic carbocycles. The number of carbonyl (C=O) groups is 1. The van der Waals surface area contributed by atoms with Crippen LogP contribution in [0.1, 0.15) is 22.4 Å². The molecule has 1 fully saturated rings. The fourth-order valence-corrected chi connectivity index (χ4v) is 4.05. The number of aliphatic imine (C=N–C) groups is 1. The van der Waals surface area contributed by atoms with E-state index in [0.717, 1.165) is 28.2 Å². The van der Waals surface area contributed by atoms with Crippen LogP contribution in [0.25, 0.3) is 11.8 Å². The monoisotopic (exact) mass is 387 g/mol. The Morgan fingerprint density at radius 2 is 1.82 bits per heavy atom. The Hall–Kier alpha value is -3.05. The highest BCUT2D eigenvalue weighted by Crippen LogP contribution is 2.30. The zero-order valence-corrected chi connectivity index (χ0v) is 16.9. The molecule has 0 spiro atoms. The molecule has 2 aromatic carbocycles. The van der Waals surface area contributed by atoms with Gasteiger partial charge in [-0.05, 0) is 74.0 Å². The molecule has 1 aromatic heterocycles. The van der Waals surface area contributed by atoms with Crippen molar-refractivity contribution in [2.24, 2.45) is 4.99 Å². The van der Waals surface area contributed by atoms with Gasteiger partial charge in [0.05, 0.1) is 10.6 Å². The Kier molecular flexibility index (Phi) is 4.92. The van der Waals surface area contributed by atoms with E-state index in [1.807, 2.05) is 49.5 Å². The Labute approximate surface area is 169 Å². The number of thioether (sulfide) groups is 1. The lowest BCUT2D eigenvalue weighted by molar-refractivity contribution is -0.115. The maximum absolute atomic E-state index is 12.4. The number of benzene rings is 2. The SMILES string of the molecule is Cc1ccc(N=C2NC(=O)/C(=C\c3cc(C)n(-c4ccccc4)c3)S2)c(C)c1. The molecule has 0 unspecified atom stereocenters. The largest absolute Gasteiger partial charge is 0.321 e. The van der Waals surface area contributed by atoms with Gasteiger partial charge in [0.25, 0.3) is 5.91 Å². The molecule has 0 bridgehead atoms. The molecule has 4 nitrogen and oxygen atoms in total. The van der Waals surface area contributed by atoms with Crippen molar-refractivity contribution in [1.82, 2.24) is 9.88 Å². The summed E-state index contributed by atoms with van der Waals surface area (Å²) in [4.78, 5) is 17.7. The van der Waals surface area contributed by atoms with Gasteiger partial charge in [-0.15, -0.1) is 0 Å². The summed E-state index contributed by atoms with van der Waals surface area (Å²) in [5, 5.41) is 3.48. The third kappa shape index (κ3) is 3.80. The van der Waals surface area contributed by atoms with Crippen LogP contribution in [0.3, 0.4) is 0 Å². The normalized spacial score (nSPS) is 16.8. The van der Waals surface area contributed by atoms with Crippen molar-refractivity contribution in [3.05, 3.63) is 88.1 Å². The van der Waals surface area contributed by atoms with Crippen molar-refractivity contribution in [2.45, 2.75) is 20.8 Å². The molecule has 1 aliphatic heterocycles. The van der Waals surface area contributed by atoms with E-state index in [1.54, 1.807) is 0 Å². The molecule has 0 radical (unpaired) electrons. The van der Waals surface area contributed by atoms with Gasteiger partial charge in [0.2, 0.25) is 0 Å². The van der Waals surface area contributed by atoms with Gasteiger partial charge >= 0.3 is 0 Å². The molecular weight excluding hydrogens is 366 g/mol. The number of carbonyl (C=O) groups excluding carboxylic acids is 1. The summed E-state index contributed by atoms with van der Waals surface area (Å²) in [5.74, 6) is -0.112. The van der Waals surface area contributed by atoms with Crippen LogP contribution in [0, 0.1) is 20.8 Å². The first-order chi connectivity index (χ1) is 13.5. The lowest BCUT2D eigenvalue weighted by atomic mass is 10.1. The van der Waals surface area contributed by atoms with E-state index in [0.29, 0.717) is 10.1 Å². The highest BCUT2D eigenvalue weighted by molar-refractivity contribution is 8.18. The summed E-state index contributed by atoms with van der Waals surface area (Å²) in [6, 6.07) is 18.3. The Balaban J connectivity index is 1.59. The summed E-state index contributed by atoms with van der Waals surface area (Å²) < 4.78 is 2.12. The summed E-state index contributed by atoms with van der Waals surface area (Å²) in [6.07, 6.45) is 3.96. The highest BCUT2D eigenvalue weighted by Gasteiger charge is 2.24. The van der Waals surface area contributed by atoms with Crippen LogP contribution in [0.4, 0.5) is 5.69 Å². The number of rotatable bonds is 3. The van der Waals surface area contributed by atoms with Gasteiger partial charge in [-0.2, -0.15) is 0 Å². The minimum absolute atomic E-state index is 0.112. The van der Waals surface area contributed by atoms with E-state index < -0.39 is 0 Å². The topological polar surface area (TPSA) is 46.4 Å². The number of nitrogens with zero attached hydrogens (tertiary/aromatic N) is 2. The lowest BCUT2D eigenvalue weighted by Crippen LogP contribution is -2.19. The maximum Gasteiger partial charge on any atom is 0.264 e. The number of aryl methyl sites for hydroxylation is 3.